The van der Waals surface area contributed by atoms with E-state index in [0.717, 1.165) is 89.9 Å². The molecule has 0 aromatic heterocycles. The molecule has 3 unspecified atom stereocenters. The molecule has 0 bridgehead atoms. The number of carbonyl (C=O) groups is 1. The lowest BCUT2D eigenvalue weighted by atomic mass is 10.0. The van der Waals surface area contributed by atoms with Crippen molar-refractivity contribution in [3.05, 3.63) is 60.8 Å². The molecule has 0 aromatic rings. The summed E-state index contributed by atoms with van der Waals surface area (Å²) in [6.45, 7) is 4.08. The summed E-state index contributed by atoms with van der Waals surface area (Å²) in [5, 5.41) is 13.8. The van der Waals surface area contributed by atoms with Gasteiger partial charge in [-0.1, -0.05) is 197 Å². The first-order chi connectivity index (χ1) is 27.4. The average molecular weight is 807 g/mol. The zero-order chi connectivity index (χ0) is 41.1. The highest BCUT2D eigenvalue weighted by Crippen LogP contribution is 2.43. The molecule has 0 heterocycles. The quantitative estimate of drug-likeness (QED) is 0.0274. The topological polar surface area (TPSA) is 131 Å². The predicted octanol–water partition coefficient (Wildman–Crippen LogP) is 13.1. The van der Waals surface area contributed by atoms with Gasteiger partial charge in [-0.25, -0.2) is 4.57 Å². The highest BCUT2D eigenvalue weighted by Gasteiger charge is 2.27. The summed E-state index contributed by atoms with van der Waals surface area (Å²) in [4.78, 5) is 22.8. The fraction of sp³-hybridized carbons (Fsp3) is 0.766. The molecule has 8 nitrogen and oxygen atoms in total. The van der Waals surface area contributed by atoms with Crippen molar-refractivity contribution >= 4 is 13.7 Å². The maximum atomic E-state index is 12.8. The van der Waals surface area contributed by atoms with Crippen LogP contribution in [-0.2, 0) is 18.4 Å². The highest BCUT2D eigenvalue weighted by molar-refractivity contribution is 7.47. The van der Waals surface area contributed by atoms with Gasteiger partial charge < -0.3 is 21.1 Å². The minimum atomic E-state index is -4.33. The summed E-state index contributed by atoms with van der Waals surface area (Å²) >= 11 is 0. The van der Waals surface area contributed by atoms with Crippen LogP contribution in [0.15, 0.2) is 60.8 Å². The van der Waals surface area contributed by atoms with Crippen LogP contribution in [0.5, 0.6) is 0 Å². The number of phosphoric ester groups is 1. The monoisotopic (exact) mass is 807 g/mol. The second-order valence-electron chi connectivity index (χ2n) is 15.2. The van der Waals surface area contributed by atoms with Crippen LogP contribution in [0, 0.1) is 0 Å². The van der Waals surface area contributed by atoms with Crippen LogP contribution in [0.2, 0.25) is 0 Å². The molecule has 1 amide bonds. The van der Waals surface area contributed by atoms with E-state index in [-0.39, 0.29) is 25.7 Å². The third-order valence-electron chi connectivity index (χ3n) is 9.89. The van der Waals surface area contributed by atoms with E-state index in [1.54, 1.807) is 0 Å². The molecule has 0 aliphatic rings. The maximum absolute atomic E-state index is 12.8. The standard InChI is InChI=1S/C47H87N2O6P/c1-3-5-7-9-11-13-15-17-19-21-22-23-24-25-27-29-31-33-35-37-39-41-47(51)49-45(44-55-56(52,53)54-43-42-48)46(50)40-38-36-34-32-30-28-26-20-18-16-14-12-10-8-6-4-2/h5,7,11,13,17,19,22-23,25,27,45-46,50H,3-4,6,8-10,12,14-16,18,20-21,24,26,28-44,48H2,1-2H3,(H,49,51)(H,52,53)/b7-5-,13-11-,19-17-,23-22-,27-25-. The number of allylic oxidation sites excluding steroid dienone is 10. The Hall–Kier alpha value is -1.80. The van der Waals surface area contributed by atoms with E-state index in [0.29, 0.717) is 12.8 Å². The number of nitrogens with one attached hydrogen (secondary N) is 1. The zero-order valence-corrected chi connectivity index (χ0v) is 37.0. The molecule has 3 atom stereocenters. The van der Waals surface area contributed by atoms with Crippen molar-refractivity contribution in [2.24, 2.45) is 5.73 Å². The van der Waals surface area contributed by atoms with Crippen LogP contribution in [0.4, 0.5) is 0 Å². The van der Waals surface area contributed by atoms with Crippen molar-refractivity contribution in [1.82, 2.24) is 5.32 Å². The molecule has 0 rings (SSSR count). The van der Waals surface area contributed by atoms with Gasteiger partial charge in [-0.15, -0.1) is 0 Å². The molecule has 326 valence electrons. The van der Waals surface area contributed by atoms with Gasteiger partial charge in [0.2, 0.25) is 5.91 Å². The lowest BCUT2D eigenvalue weighted by Crippen LogP contribution is -2.46. The summed E-state index contributed by atoms with van der Waals surface area (Å²) in [5.74, 6) is -0.181. The van der Waals surface area contributed by atoms with Gasteiger partial charge in [-0.2, -0.15) is 0 Å². The molecule has 0 radical (unpaired) electrons. The van der Waals surface area contributed by atoms with Crippen molar-refractivity contribution in [2.75, 3.05) is 19.8 Å². The highest BCUT2D eigenvalue weighted by atomic mass is 31.2. The third kappa shape index (κ3) is 40.4. The summed E-state index contributed by atoms with van der Waals surface area (Å²) in [6, 6.07) is -0.788. The molecule has 0 aromatic carbocycles. The first-order valence-corrected chi connectivity index (χ1v) is 24.4. The van der Waals surface area contributed by atoms with E-state index in [2.05, 4.69) is 79.9 Å². The van der Waals surface area contributed by atoms with Gasteiger partial charge in [0.05, 0.1) is 25.4 Å². The number of unbranched alkanes of at least 4 members (excludes halogenated alkanes) is 20. The summed E-state index contributed by atoms with van der Waals surface area (Å²) in [5.41, 5.74) is 5.38. The van der Waals surface area contributed by atoms with Crippen molar-refractivity contribution in [1.29, 1.82) is 0 Å². The van der Waals surface area contributed by atoms with Crippen LogP contribution in [-0.4, -0.2) is 47.8 Å². The second kappa shape index (κ2) is 42.8. The number of phosphoric acid groups is 1. The van der Waals surface area contributed by atoms with Crippen LogP contribution >= 0.6 is 7.82 Å². The minimum absolute atomic E-state index is 0.0827. The smallest absolute Gasteiger partial charge is 0.391 e. The average Bonchev–Trinajstić information content (AvgIpc) is 3.19. The first-order valence-electron chi connectivity index (χ1n) is 22.9. The SMILES string of the molecule is CC/C=C\C/C=C\C/C=C\C/C=C\C/C=C\CCCCCCCC(=O)NC(COP(=O)(O)OCCN)C(O)CCCCCCCCCCCCCCCCCC. The number of carbonyl (C=O) groups excluding carboxylic acids is 1. The van der Waals surface area contributed by atoms with Gasteiger partial charge in [0.1, 0.15) is 0 Å². The van der Waals surface area contributed by atoms with E-state index in [1.165, 1.54) is 83.5 Å². The summed E-state index contributed by atoms with van der Waals surface area (Å²) in [7, 11) is -4.33. The van der Waals surface area contributed by atoms with Crippen molar-refractivity contribution in [3.8, 4) is 0 Å². The van der Waals surface area contributed by atoms with E-state index in [4.69, 9.17) is 14.8 Å². The number of aliphatic hydroxyl groups excluding tert-OH is 1. The molecule has 0 saturated heterocycles. The molecular formula is C47H87N2O6P. The van der Waals surface area contributed by atoms with Crippen LogP contribution in [0.1, 0.15) is 200 Å². The molecule has 0 saturated carbocycles. The lowest BCUT2D eigenvalue weighted by molar-refractivity contribution is -0.123. The van der Waals surface area contributed by atoms with E-state index >= 15 is 0 Å². The Balaban J connectivity index is 4.19. The van der Waals surface area contributed by atoms with Gasteiger partial charge in [0.25, 0.3) is 0 Å². The Kier molecular flexibility index (Phi) is 41.4. The fourth-order valence-corrected chi connectivity index (χ4v) is 7.22. The van der Waals surface area contributed by atoms with Gasteiger partial charge in [0, 0.05) is 13.0 Å². The van der Waals surface area contributed by atoms with Crippen molar-refractivity contribution in [3.63, 3.8) is 0 Å². The van der Waals surface area contributed by atoms with Crippen LogP contribution < -0.4 is 11.1 Å². The van der Waals surface area contributed by atoms with Gasteiger partial charge in [0.15, 0.2) is 0 Å². The molecule has 0 aliphatic heterocycles. The zero-order valence-electron chi connectivity index (χ0n) is 36.1. The number of nitrogens with two attached hydrogens (primary N) is 1. The third-order valence-corrected chi connectivity index (χ3v) is 10.9. The Labute approximate surface area is 344 Å². The molecule has 5 N–H and O–H groups in total. The van der Waals surface area contributed by atoms with Gasteiger partial charge >= 0.3 is 7.82 Å². The van der Waals surface area contributed by atoms with Gasteiger partial charge in [-0.3, -0.25) is 13.8 Å². The van der Waals surface area contributed by atoms with Crippen molar-refractivity contribution < 1.29 is 28.4 Å². The molecule has 56 heavy (non-hydrogen) atoms. The summed E-state index contributed by atoms with van der Waals surface area (Å²) < 4.78 is 22.2. The minimum Gasteiger partial charge on any atom is -0.391 e. The fourth-order valence-electron chi connectivity index (χ4n) is 6.46. The van der Waals surface area contributed by atoms with E-state index < -0.39 is 20.0 Å². The Morgan fingerprint density at radius 2 is 1.04 bits per heavy atom. The normalized spacial score (nSPS) is 14.6. The Morgan fingerprint density at radius 1 is 0.607 bits per heavy atom. The van der Waals surface area contributed by atoms with Crippen molar-refractivity contribution in [2.45, 2.75) is 212 Å². The summed E-state index contributed by atoms with van der Waals surface area (Å²) in [6.07, 6.45) is 53.7. The lowest BCUT2D eigenvalue weighted by Gasteiger charge is -2.25. The van der Waals surface area contributed by atoms with Crippen LogP contribution in [0.3, 0.4) is 0 Å². The number of rotatable bonds is 42. The Bertz CT molecular complexity index is 1060. The second-order valence-corrected chi connectivity index (χ2v) is 16.7. The van der Waals surface area contributed by atoms with Gasteiger partial charge in [-0.05, 0) is 57.8 Å². The molecule has 0 fully saturated rings. The Morgan fingerprint density at radius 3 is 1.52 bits per heavy atom. The number of hydrogen-bond acceptors (Lipinski definition) is 6. The number of hydrogen-bond donors (Lipinski definition) is 4. The van der Waals surface area contributed by atoms with Crippen LogP contribution in [0.25, 0.3) is 0 Å². The maximum Gasteiger partial charge on any atom is 0.472 e. The molecule has 9 heteroatoms. The number of amides is 1. The van der Waals surface area contributed by atoms with E-state index in [1.807, 2.05) is 0 Å². The van der Waals surface area contributed by atoms with E-state index in [9.17, 15) is 19.4 Å². The molecule has 0 spiro atoms. The molecule has 0 aliphatic carbocycles. The largest absolute Gasteiger partial charge is 0.472 e. The first kappa shape index (κ1) is 54.2. The predicted molar refractivity (Wildman–Crippen MR) is 240 cm³/mol. The molecular weight excluding hydrogens is 719 g/mol. The number of aliphatic hydroxyl groups is 1.